The molecular weight excluding hydrogens is 300 g/mol. The maximum Gasteiger partial charge on any atom is 0.229 e. The van der Waals surface area contributed by atoms with E-state index in [1.807, 2.05) is 12.1 Å². The second kappa shape index (κ2) is 5.38. The molecule has 0 unspecified atom stereocenters. The summed E-state index contributed by atoms with van der Waals surface area (Å²) in [4.78, 5) is 16.9. The Morgan fingerprint density at radius 2 is 2.05 bits per heavy atom. The highest BCUT2D eigenvalue weighted by molar-refractivity contribution is 7.92. The van der Waals surface area contributed by atoms with Crippen LogP contribution < -0.4 is 4.72 Å². The van der Waals surface area contributed by atoms with Gasteiger partial charge < -0.3 is 0 Å². The number of carbonyl (C=O) groups is 1. The predicted octanol–water partition coefficient (Wildman–Crippen LogP) is 2.28. The van der Waals surface area contributed by atoms with E-state index in [0.29, 0.717) is 23.2 Å². The summed E-state index contributed by atoms with van der Waals surface area (Å²) in [5.41, 5.74) is 3.15. The molecule has 0 radical (unpaired) electrons. The molecule has 1 aliphatic carbocycles. The fourth-order valence-corrected chi connectivity index (χ4v) is 3.02. The van der Waals surface area contributed by atoms with E-state index in [-0.39, 0.29) is 5.78 Å². The molecule has 1 N–H and O–H groups in total. The van der Waals surface area contributed by atoms with Gasteiger partial charge >= 0.3 is 0 Å². The van der Waals surface area contributed by atoms with E-state index >= 15 is 0 Å². The Bertz CT molecular complexity index is 886. The zero-order chi connectivity index (χ0) is 15.7. The third-order valence-electron chi connectivity index (χ3n) is 3.35. The molecule has 0 fully saturated rings. The number of Topliss-reactive ketones (excluding diaryl/α,β-unsaturated/α-hetero) is 1. The summed E-state index contributed by atoms with van der Waals surface area (Å²) in [6.07, 6.45) is 5.27. The lowest BCUT2D eigenvalue weighted by Crippen LogP contribution is -2.10. The molecule has 3 rings (SSSR count). The average Bonchev–Trinajstić information content (AvgIpc) is 2.89. The first-order valence-electron chi connectivity index (χ1n) is 6.71. The van der Waals surface area contributed by atoms with Crippen LogP contribution in [-0.4, -0.2) is 25.4 Å². The number of carbonyl (C=O) groups excluding carboxylic acids is 1. The summed E-state index contributed by atoms with van der Waals surface area (Å²) >= 11 is 0. The molecule has 5 nitrogen and oxygen atoms in total. The number of rotatable bonds is 4. The van der Waals surface area contributed by atoms with Gasteiger partial charge in [-0.25, -0.2) is 8.42 Å². The second-order valence-corrected chi connectivity index (χ2v) is 6.85. The minimum Gasteiger partial charge on any atom is -0.289 e. The number of aromatic nitrogens is 1. The van der Waals surface area contributed by atoms with Crippen molar-refractivity contribution < 1.29 is 13.2 Å². The number of ketones is 1. The summed E-state index contributed by atoms with van der Waals surface area (Å²) in [5.74, 6) is -0.135. The third-order valence-corrected chi connectivity index (χ3v) is 3.96. The zero-order valence-electron chi connectivity index (χ0n) is 11.9. The van der Waals surface area contributed by atoms with Gasteiger partial charge in [0.25, 0.3) is 0 Å². The molecule has 0 saturated heterocycles. The molecule has 1 aromatic heterocycles. The van der Waals surface area contributed by atoms with Gasteiger partial charge in [-0.15, -0.1) is 0 Å². The first-order chi connectivity index (χ1) is 10.4. The maximum atomic E-state index is 12.7. The number of allylic oxidation sites excluding steroid dienone is 2. The number of nitrogens with one attached hydrogen (secondary N) is 1. The Balaban J connectivity index is 1.93. The van der Waals surface area contributed by atoms with Gasteiger partial charge in [0.05, 0.1) is 11.9 Å². The van der Waals surface area contributed by atoms with Gasteiger partial charge in [0.2, 0.25) is 10.0 Å². The maximum absolute atomic E-state index is 12.7. The van der Waals surface area contributed by atoms with Gasteiger partial charge in [0, 0.05) is 35.0 Å². The normalized spacial score (nSPS) is 13.4. The van der Waals surface area contributed by atoms with Crippen molar-refractivity contribution in [2.75, 3.05) is 11.0 Å². The van der Waals surface area contributed by atoms with Gasteiger partial charge in [-0.05, 0) is 18.2 Å². The summed E-state index contributed by atoms with van der Waals surface area (Å²) < 4.78 is 24.9. The first-order valence-corrected chi connectivity index (χ1v) is 8.60. The van der Waals surface area contributed by atoms with Crippen LogP contribution in [0.15, 0.2) is 48.7 Å². The van der Waals surface area contributed by atoms with Crippen LogP contribution in [0.4, 0.5) is 5.69 Å². The van der Waals surface area contributed by atoms with Gasteiger partial charge in [0.1, 0.15) is 0 Å². The van der Waals surface area contributed by atoms with E-state index in [2.05, 4.69) is 9.71 Å². The predicted molar refractivity (Wildman–Crippen MR) is 85.2 cm³/mol. The lowest BCUT2D eigenvalue weighted by molar-refractivity contribution is 0.105. The van der Waals surface area contributed by atoms with Gasteiger partial charge in [-0.2, -0.15) is 0 Å². The van der Waals surface area contributed by atoms with Crippen molar-refractivity contribution in [1.29, 1.82) is 0 Å². The molecule has 0 bridgehead atoms. The average molecular weight is 314 g/mol. The quantitative estimate of drug-likeness (QED) is 0.878. The summed E-state index contributed by atoms with van der Waals surface area (Å²) in [6.45, 7) is 0. The summed E-state index contributed by atoms with van der Waals surface area (Å²) in [5, 5.41) is 0. The van der Waals surface area contributed by atoms with Crippen LogP contribution in [0.25, 0.3) is 5.57 Å². The monoisotopic (exact) mass is 314 g/mol. The molecule has 2 aromatic rings. The number of hydrogen-bond acceptors (Lipinski definition) is 4. The van der Waals surface area contributed by atoms with E-state index in [4.69, 9.17) is 0 Å². The van der Waals surface area contributed by atoms with Crippen LogP contribution >= 0.6 is 0 Å². The molecule has 6 heteroatoms. The van der Waals surface area contributed by atoms with Crippen molar-refractivity contribution in [1.82, 2.24) is 4.98 Å². The molecule has 22 heavy (non-hydrogen) atoms. The van der Waals surface area contributed by atoms with Gasteiger partial charge in [-0.1, -0.05) is 24.3 Å². The van der Waals surface area contributed by atoms with Crippen molar-refractivity contribution in [2.45, 2.75) is 6.42 Å². The summed E-state index contributed by atoms with van der Waals surface area (Å²) in [7, 11) is -3.37. The lowest BCUT2D eigenvalue weighted by Gasteiger charge is -2.08. The topological polar surface area (TPSA) is 76.1 Å². The standard InChI is InChI=1S/C16H14N2O3S/c1-22(20,21)18-12-5-2-4-11(10-12)16(19)14-7-8-15-13(14)6-3-9-17-15/h2-7,9-10,18H,8H2,1H3. The Morgan fingerprint density at radius 3 is 2.82 bits per heavy atom. The van der Waals surface area contributed by atoms with Gasteiger partial charge in [0.15, 0.2) is 5.78 Å². The highest BCUT2D eigenvalue weighted by Gasteiger charge is 2.22. The molecule has 0 spiro atoms. The number of anilines is 1. The highest BCUT2D eigenvalue weighted by Crippen LogP contribution is 2.29. The molecule has 112 valence electrons. The highest BCUT2D eigenvalue weighted by atomic mass is 32.2. The fraction of sp³-hybridized carbons (Fsp3) is 0.125. The van der Waals surface area contributed by atoms with Crippen molar-refractivity contribution in [2.24, 2.45) is 0 Å². The molecule has 0 aliphatic heterocycles. The minimum atomic E-state index is -3.37. The zero-order valence-corrected chi connectivity index (χ0v) is 12.7. The number of benzene rings is 1. The Hall–Kier alpha value is -2.47. The molecular formula is C16H14N2O3S. The van der Waals surface area contributed by atoms with E-state index in [0.717, 1.165) is 17.5 Å². The smallest absolute Gasteiger partial charge is 0.229 e. The van der Waals surface area contributed by atoms with E-state index in [1.165, 1.54) is 0 Å². The van der Waals surface area contributed by atoms with Crippen LogP contribution in [0.3, 0.4) is 0 Å². The van der Waals surface area contributed by atoms with Crippen molar-refractivity contribution >= 4 is 27.1 Å². The van der Waals surface area contributed by atoms with Crippen LogP contribution in [0.2, 0.25) is 0 Å². The van der Waals surface area contributed by atoms with Crippen molar-refractivity contribution in [3.63, 3.8) is 0 Å². The van der Waals surface area contributed by atoms with Crippen LogP contribution in [0.5, 0.6) is 0 Å². The second-order valence-electron chi connectivity index (χ2n) is 5.10. The molecule has 1 heterocycles. The van der Waals surface area contributed by atoms with E-state index in [1.54, 1.807) is 36.5 Å². The Kier molecular flexibility index (Phi) is 3.54. The Labute approximate surface area is 128 Å². The van der Waals surface area contributed by atoms with E-state index in [9.17, 15) is 13.2 Å². The molecule has 1 aliphatic rings. The molecule has 1 aromatic carbocycles. The fourth-order valence-electron chi connectivity index (χ4n) is 2.46. The van der Waals surface area contributed by atoms with Crippen LogP contribution in [-0.2, 0) is 16.4 Å². The molecule has 0 atom stereocenters. The third kappa shape index (κ3) is 2.92. The number of fused-ring (bicyclic) bond motifs is 1. The van der Waals surface area contributed by atoms with E-state index < -0.39 is 10.0 Å². The first kappa shape index (κ1) is 14.5. The number of pyridine rings is 1. The number of hydrogen-bond donors (Lipinski definition) is 1. The molecule has 0 amide bonds. The van der Waals surface area contributed by atoms with Crippen molar-refractivity contribution in [3.8, 4) is 0 Å². The summed E-state index contributed by atoms with van der Waals surface area (Å²) in [6, 6.07) is 10.1. The van der Waals surface area contributed by atoms with Crippen LogP contribution in [0.1, 0.15) is 21.6 Å². The number of sulfonamides is 1. The minimum absolute atomic E-state index is 0.135. The lowest BCUT2D eigenvalue weighted by atomic mass is 9.99. The molecule has 0 saturated carbocycles. The number of nitrogens with zero attached hydrogens (tertiary/aromatic N) is 1. The van der Waals surface area contributed by atoms with Crippen molar-refractivity contribution in [3.05, 3.63) is 65.5 Å². The van der Waals surface area contributed by atoms with Gasteiger partial charge in [-0.3, -0.25) is 14.5 Å². The SMILES string of the molecule is CS(=O)(=O)Nc1cccc(C(=O)C2=CCc3ncccc32)c1. The van der Waals surface area contributed by atoms with Crippen LogP contribution in [0, 0.1) is 0 Å². The largest absolute Gasteiger partial charge is 0.289 e. The Morgan fingerprint density at radius 1 is 1.23 bits per heavy atom.